The minimum absolute atomic E-state index is 0.128. The van der Waals surface area contributed by atoms with E-state index >= 15 is 0 Å². The Labute approximate surface area is 336 Å². The zero-order valence-corrected chi connectivity index (χ0v) is 34.9. The first kappa shape index (κ1) is 43.6. The second kappa shape index (κ2) is 17.5. The highest BCUT2D eigenvalue weighted by molar-refractivity contribution is 6.38. The van der Waals surface area contributed by atoms with Gasteiger partial charge in [-0.05, 0) is 77.2 Å². The third kappa shape index (κ3) is 11.1. The third-order valence-corrected chi connectivity index (χ3v) is 11.7. The quantitative estimate of drug-likeness (QED) is 0.178. The summed E-state index contributed by atoms with van der Waals surface area (Å²) in [4.78, 5) is 98.6. The molecular weight excluding hydrogens is 731 g/mol. The maximum absolute atomic E-state index is 14.8. The fraction of sp³-hybridized carbons (Fsp3) is 0.690. The monoisotopic (exact) mass is 793 g/mol. The van der Waals surface area contributed by atoms with Gasteiger partial charge in [0.15, 0.2) is 0 Å². The Kier molecular flexibility index (Phi) is 13.4. The van der Waals surface area contributed by atoms with Crippen molar-refractivity contribution in [2.24, 2.45) is 17.3 Å². The lowest BCUT2D eigenvalue weighted by molar-refractivity contribution is -0.146. The Hall–Kier alpha value is -4.53. The molecule has 6 atom stereocenters. The Morgan fingerprint density at radius 1 is 0.912 bits per heavy atom. The Balaban J connectivity index is 1.33. The van der Waals surface area contributed by atoms with Gasteiger partial charge in [-0.25, -0.2) is 4.79 Å². The fourth-order valence-corrected chi connectivity index (χ4v) is 8.67. The zero-order chi connectivity index (χ0) is 41.9. The normalized spacial score (nSPS) is 23.9. The van der Waals surface area contributed by atoms with Gasteiger partial charge in [-0.15, -0.1) is 0 Å². The van der Waals surface area contributed by atoms with Crippen molar-refractivity contribution in [2.75, 3.05) is 27.2 Å². The molecule has 2 saturated carbocycles. The number of carbonyl (C=O) groups is 7. The molecule has 7 amide bonds. The van der Waals surface area contributed by atoms with E-state index in [4.69, 9.17) is 4.74 Å². The smallest absolute Gasteiger partial charge is 0.315 e. The molecule has 0 radical (unpaired) electrons. The summed E-state index contributed by atoms with van der Waals surface area (Å²) in [6, 6.07) is 4.07. The molecular formula is C42H63N7O8. The average molecular weight is 794 g/mol. The van der Waals surface area contributed by atoms with Gasteiger partial charge in [-0.3, -0.25) is 28.8 Å². The lowest BCUT2D eigenvalue weighted by atomic mass is 9.70. The largest absolute Gasteiger partial charge is 0.370 e. The van der Waals surface area contributed by atoms with E-state index in [9.17, 15) is 33.6 Å². The second-order valence-electron chi connectivity index (χ2n) is 18.6. The number of ketones is 1. The molecule has 314 valence electrons. The van der Waals surface area contributed by atoms with E-state index in [-0.39, 0.29) is 36.6 Å². The van der Waals surface area contributed by atoms with Gasteiger partial charge in [0.05, 0.1) is 24.3 Å². The Morgan fingerprint density at radius 3 is 2.16 bits per heavy atom. The van der Waals surface area contributed by atoms with Gasteiger partial charge < -0.3 is 41.1 Å². The molecule has 2 aliphatic carbocycles. The average Bonchev–Trinajstić information content (AvgIpc) is 3.82. The number of hydrogen-bond donors (Lipinski definition) is 5. The number of likely N-dealkylation sites (N-methyl/N-ethyl adjacent to an activating group) is 1. The minimum atomic E-state index is -1.20. The first-order valence-electron chi connectivity index (χ1n) is 20.4. The molecule has 15 heteroatoms. The number of fused-ring (bicyclic) bond motifs is 1. The van der Waals surface area contributed by atoms with E-state index in [2.05, 4.69) is 26.6 Å². The number of rotatable bonds is 14. The van der Waals surface area contributed by atoms with Crippen LogP contribution in [0.3, 0.4) is 0 Å². The van der Waals surface area contributed by atoms with Gasteiger partial charge in [0.25, 0.3) is 5.91 Å². The molecule has 57 heavy (non-hydrogen) atoms. The van der Waals surface area contributed by atoms with Crippen molar-refractivity contribution < 1.29 is 38.3 Å². The summed E-state index contributed by atoms with van der Waals surface area (Å²) in [7, 11) is 3.14. The SMILES string of the molecule is CN(C)C(=O)[C@@H](NC(=O)CNC(=O)C(=O)C(CC1CC1)NC(=O)[C@@H]1[C@H]2CC(C)(C)O[C@H]2CN1C(=O)[C@@H](NC(=O)NC(C)(C)C)C1(C)CCCCC1)c1ccccc1. The number of benzene rings is 1. The highest BCUT2D eigenvalue weighted by Gasteiger charge is 2.57. The van der Waals surface area contributed by atoms with E-state index in [0.29, 0.717) is 12.0 Å². The molecule has 0 spiro atoms. The van der Waals surface area contributed by atoms with Crippen LogP contribution in [0.15, 0.2) is 30.3 Å². The number of urea groups is 1. The van der Waals surface area contributed by atoms with Crippen molar-refractivity contribution in [1.82, 2.24) is 36.4 Å². The van der Waals surface area contributed by atoms with Crippen LogP contribution in [0.4, 0.5) is 4.79 Å². The lowest BCUT2D eigenvalue weighted by Crippen LogP contribution is -2.63. The summed E-state index contributed by atoms with van der Waals surface area (Å²) >= 11 is 0. The van der Waals surface area contributed by atoms with Gasteiger partial charge in [0.1, 0.15) is 18.1 Å². The summed E-state index contributed by atoms with van der Waals surface area (Å²) < 4.78 is 6.37. The van der Waals surface area contributed by atoms with Gasteiger partial charge in [-0.2, -0.15) is 0 Å². The number of amides is 7. The van der Waals surface area contributed by atoms with Crippen molar-refractivity contribution in [3.63, 3.8) is 0 Å². The Bertz CT molecular complexity index is 1680. The summed E-state index contributed by atoms with van der Waals surface area (Å²) in [6.45, 7) is 11.0. The molecule has 4 aliphatic rings. The van der Waals surface area contributed by atoms with Crippen molar-refractivity contribution >= 4 is 41.4 Å². The van der Waals surface area contributed by atoms with Crippen LogP contribution in [0.2, 0.25) is 0 Å². The van der Waals surface area contributed by atoms with Crippen LogP contribution in [-0.2, 0) is 33.5 Å². The van der Waals surface area contributed by atoms with E-state index in [0.717, 1.165) is 44.9 Å². The van der Waals surface area contributed by atoms with Crippen LogP contribution < -0.4 is 26.6 Å². The molecule has 2 heterocycles. The topological polar surface area (TPSA) is 195 Å². The fourth-order valence-electron chi connectivity index (χ4n) is 8.67. The van der Waals surface area contributed by atoms with Gasteiger partial charge >= 0.3 is 6.03 Å². The standard InChI is InChI=1S/C42H63N7O8/c1-40(2,3)47-39(56)46-34(42(6)19-13-10-14-20-42)38(55)49-24-29-27(22-41(4,5)57-29)32(49)35(52)44-28(21-25-17-18-25)33(51)36(53)43-23-30(50)45-31(37(54)48(7)8)26-15-11-9-12-16-26/h9,11-12,15-16,25,27-29,31-32,34H,10,13-14,17-24H2,1-8H3,(H,43,53)(H,44,52)(H,45,50)(H2,46,47,56)/t27-,28?,29-,31-,32-,34+/m0/s1. The van der Waals surface area contributed by atoms with Crippen molar-refractivity contribution in [2.45, 2.75) is 141 Å². The van der Waals surface area contributed by atoms with Gasteiger partial charge in [0, 0.05) is 32.1 Å². The molecule has 1 unspecified atom stereocenters. The van der Waals surface area contributed by atoms with Crippen LogP contribution in [0.5, 0.6) is 0 Å². The van der Waals surface area contributed by atoms with Crippen LogP contribution in [0.25, 0.3) is 0 Å². The maximum Gasteiger partial charge on any atom is 0.315 e. The predicted molar refractivity (Wildman–Crippen MR) is 212 cm³/mol. The number of ether oxygens (including phenoxy) is 1. The van der Waals surface area contributed by atoms with Gasteiger partial charge in [0.2, 0.25) is 29.4 Å². The first-order chi connectivity index (χ1) is 26.7. The van der Waals surface area contributed by atoms with E-state index < -0.39 is 82.9 Å². The number of Topliss-reactive ketones (excluding diaryl/α,β-unsaturated/α-hetero) is 1. The summed E-state index contributed by atoms with van der Waals surface area (Å²) in [5.74, 6) is -4.21. The van der Waals surface area contributed by atoms with Crippen LogP contribution in [0, 0.1) is 17.3 Å². The molecule has 1 aromatic carbocycles. The molecule has 15 nitrogen and oxygen atoms in total. The van der Waals surface area contributed by atoms with Crippen LogP contribution in [0.1, 0.15) is 111 Å². The van der Waals surface area contributed by atoms with Crippen molar-refractivity contribution in [1.29, 1.82) is 0 Å². The summed E-state index contributed by atoms with van der Waals surface area (Å²) in [5, 5.41) is 13.8. The molecule has 2 aliphatic heterocycles. The first-order valence-corrected chi connectivity index (χ1v) is 20.4. The van der Waals surface area contributed by atoms with Crippen molar-refractivity contribution in [3.8, 4) is 0 Å². The molecule has 1 aromatic rings. The zero-order valence-electron chi connectivity index (χ0n) is 34.9. The molecule has 2 saturated heterocycles. The lowest BCUT2D eigenvalue weighted by Gasteiger charge is -2.43. The molecule has 4 fully saturated rings. The summed E-state index contributed by atoms with van der Waals surface area (Å²) in [5.41, 5.74) is -1.10. The number of carbonyl (C=O) groups excluding carboxylic acids is 7. The van der Waals surface area contributed by atoms with Crippen LogP contribution in [-0.4, -0.2) is 114 Å². The number of nitrogens with one attached hydrogen (secondary N) is 5. The van der Waals surface area contributed by atoms with Crippen molar-refractivity contribution in [3.05, 3.63) is 35.9 Å². The van der Waals surface area contributed by atoms with E-state index in [1.165, 1.54) is 9.80 Å². The second-order valence-corrected chi connectivity index (χ2v) is 18.6. The highest BCUT2D eigenvalue weighted by Crippen LogP contribution is 2.45. The van der Waals surface area contributed by atoms with E-state index in [1.807, 2.05) is 41.5 Å². The number of likely N-dealkylation sites (tertiary alicyclic amines) is 1. The molecule has 5 N–H and O–H groups in total. The third-order valence-electron chi connectivity index (χ3n) is 11.7. The number of hydrogen-bond acceptors (Lipinski definition) is 8. The molecule has 0 aromatic heterocycles. The van der Waals surface area contributed by atoms with Crippen LogP contribution >= 0.6 is 0 Å². The minimum Gasteiger partial charge on any atom is -0.370 e. The highest BCUT2D eigenvalue weighted by atomic mass is 16.5. The van der Waals surface area contributed by atoms with E-state index in [1.54, 1.807) is 44.4 Å². The maximum atomic E-state index is 14.8. The predicted octanol–water partition coefficient (Wildman–Crippen LogP) is 2.73. The number of nitrogens with zero attached hydrogens (tertiary/aromatic N) is 2. The molecule has 5 rings (SSSR count). The van der Waals surface area contributed by atoms with Gasteiger partial charge in [-0.1, -0.05) is 69.4 Å². The summed E-state index contributed by atoms with van der Waals surface area (Å²) in [6.07, 6.45) is 6.25. The Morgan fingerprint density at radius 2 is 1.56 bits per heavy atom. The molecule has 0 bridgehead atoms.